The molecule has 1 aliphatic heterocycles. The van der Waals surface area contributed by atoms with Crippen LogP contribution in [0.4, 0.5) is 14.6 Å². The van der Waals surface area contributed by atoms with Gasteiger partial charge in [0.2, 0.25) is 0 Å². The highest BCUT2D eigenvalue weighted by Crippen LogP contribution is 2.34. The first kappa shape index (κ1) is 27.8. The van der Waals surface area contributed by atoms with E-state index in [-0.39, 0.29) is 40.4 Å². The van der Waals surface area contributed by atoms with Crippen molar-refractivity contribution in [2.75, 3.05) is 11.9 Å². The Morgan fingerprint density at radius 1 is 1.08 bits per heavy atom. The van der Waals surface area contributed by atoms with Gasteiger partial charge in [0.25, 0.3) is 11.8 Å². The van der Waals surface area contributed by atoms with E-state index in [1.807, 2.05) is 12.1 Å². The SMILES string of the molecule is O=C(N[C@@H](Cc1ccc(C(F)(F)CCCc2ccc3c(n2)NCCC3)cc1)C(=O)O)c1c(Cl)cccc1Cl. The molecule has 2 aromatic carbocycles. The number of carbonyl (C=O) groups is 2. The highest BCUT2D eigenvalue weighted by atomic mass is 35.5. The van der Waals surface area contributed by atoms with Crippen molar-refractivity contribution < 1.29 is 23.5 Å². The minimum absolute atomic E-state index is 0.0288. The number of hydrogen-bond acceptors (Lipinski definition) is 4. The summed E-state index contributed by atoms with van der Waals surface area (Å²) in [6.07, 6.45) is 2.29. The molecular formula is C28H27Cl2F2N3O3. The molecule has 10 heteroatoms. The van der Waals surface area contributed by atoms with Crippen molar-refractivity contribution in [2.24, 2.45) is 0 Å². The lowest BCUT2D eigenvalue weighted by molar-refractivity contribution is -0.139. The van der Waals surface area contributed by atoms with Crippen LogP contribution < -0.4 is 10.6 Å². The molecule has 1 atom stereocenters. The van der Waals surface area contributed by atoms with Crippen LogP contribution in [-0.2, 0) is 30.0 Å². The number of aryl methyl sites for hydroxylation is 2. The topological polar surface area (TPSA) is 91.3 Å². The molecule has 1 amide bonds. The van der Waals surface area contributed by atoms with Crippen molar-refractivity contribution in [3.05, 3.63) is 92.6 Å². The molecule has 200 valence electrons. The summed E-state index contributed by atoms with van der Waals surface area (Å²) in [4.78, 5) is 28.9. The van der Waals surface area contributed by atoms with Gasteiger partial charge in [0.1, 0.15) is 11.9 Å². The van der Waals surface area contributed by atoms with Gasteiger partial charge in [-0.25, -0.2) is 18.6 Å². The molecule has 0 saturated heterocycles. The molecule has 0 saturated carbocycles. The second-order valence-electron chi connectivity index (χ2n) is 9.26. The number of nitrogens with zero attached hydrogens (tertiary/aromatic N) is 1. The number of rotatable bonds is 10. The standard InChI is InChI=1S/C28H27Cl2F2N3O3/c29-21-6-1-7-22(30)24(21)26(36)35-23(27(37)38)16-17-8-11-19(12-9-17)28(31,32)14-2-5-20-13-10-18-4-3-15-33-25(18)34-20/h1,6-13,23H,2-5,14-16H2,(H,33,34)(H,35,36)(H,37,38)/t23-/m0/s1. The minimum Gasteiger partial charge on any atom is -0.480 e. The first-order valence-corrected chi connectivity index (χ1v) is 13.1. The number of anilines is 1. The predicted molar refractivity (Wildman–Crippen MR) is 143 cm³/mol. The van der Waals surface area contributed by atoms with Crippen LogP contribution in [0.5, 0.6) is 0 Å². The second-order valence-corrected chi connectivity index (χ2v) is 10.1. The van der Waals surface area contributed by atoms with Crippen LogP contribution in [-0.4, -0.2) is 34.6 Å². The number of alkyl halides is 2. The molecule has 4 rings (SSSR count). The van der Waals surface area contributed by atoms with Gasteiger partial charge in [-0.2, -0.15) is 0 Å². The number of benzene rings is 2. The number of halogens is 4. The van der Waals surface area contributed by atoms with Gasteiger partial charge in [0.15, 0.2) is 0 Å². The number of hydrogen-bond donors (Lipinski definition) is 3. The Labute approximate surface area is 229 Å². The summed E-state index contributed by atoms with van der Waals surface area (Å²) in [6, 6.07) is 12.6. The third-order valence-electron chi connectivity index (χ3n) is 6.48. The average Bonchev–Trinajstić information content (AvgIpc) is 2.88. The Hall–Kier alpha value is -3.23. The molecule has 2 heterocycles. The fraction of sp³-hybridized carbons (Fsp3) is 0.321. The zero-order chi connectivity index (χ0) is 27.3. The Balaban J connectivity index is 1.35. The van der Waals surface area contributed by atoms with E-state index in [4.69, 9.17) is 23.2 Å². The Morgan fingerprint density at radius 3 is 2.47 bits per heavy atom. The molecule has 0 bridgehead atoms. The molecule has 1 aliphatic rings. The summed E-state index contributed by atoms with van der Waals surface area (Å²) in [5.74, 6) is -4.21. The number of amides is 1. The maximum Gasteiger partial charge on any atom is 0.326 e. The van der Waals surface area contributed by atoms with E-state index in [2.05, 4.69) is 15.6 Å². The van der Waals surface area contributed by atoms with Crippen LogP contribution in [0.3, 0.4) is 0 Å². The van der Waals surface area contributed by atoms with E-state index in [0.717, 1.165) is 36.5 Å². The first-order valence-electron chi connectivity index (χ1n) is 12.3. The van der Waals surface area contributed by atoms with Gasteiger partial charge >= 0.3 is 5.97 Å². The number of pyridine rings is 1. The van der Waals surface area contributed by atoms with Gasteiger partial charge in [0.05, 0.1) is 15.6 Å². The van der Waals surface area contributed by atoms with E-state index in [9.17, 15) is 23.5 Å². The van der Waals surface area contributed by atoms with Gasteiger partial charge in [-0.05, 0) is 55.0 Å². The highest BCUT2D eigenvalue weighted by Gasteiger charge is 2.31. The lowest BCUT2D eigenvalue weighted by atomic mass is 9.98. The normalized spacial score (nSPS) is 13.8. The summed E-state index contributed by atoms with van der Waals surface area (Å²) in [5.41, 5.74) is 2.24. The van der Waals surface area contributed by atoms with Gasteiger partial charge < -0.3 is 15.7 Å². The minimum atomic E-state index is -3.05. The summed E-state index contributed by atoms with van der Waals surface area (Å²) in [7, 11) is 0. The number of carboxylic acids is 1. The van der Waals surface area contributed by atoms with E-state index in [1.54, 1.807) is 6.07 Å². The van der Waals surface area contributed by atoms with Crippen LogP contribution in [0, 0.1) is 0 Å². The van der Waals surface area contributed by atoms with Crippen molar-refractivity contribution in [1.29, 1.82) is 0 Å². The van der Waals surface area contributed by atoms with Crippen LogP contribution in [0.1, 0.15) is 52.0 Å². The number of carboxylic acid groups (broad SMARTS) is 1. The predicted octanol–water partition coefficient (Wildman–Crippen LogP) is 6.29. The van der Waals surface area contributed by atoms with Gasteiger partial charge in [-0.1, -0.05) is 59.6 Å². The van der Waals surface area contributed by atoms with Crippen LogP contribution in [0.25, 0.3) is 0 Å². The van der Waals surface area contributed by atoms with Crippen molar-refractivity contribution in [3.63, 3.8) is 0 Å². The molecule has 0 spiro atoms. The zero-order valence-electron chi connectivity index (χ0n) is 20.4. The smallest absolute Gasteiger partial charge is 0.326 e. The van der Waals surface area contributed by atoms with Crippen molar-refractivity contribution in [3.8, 4) is 0 Å². The molecule has 6 nitrogen and oxygen atoms in total. The fourth-order valence-electron chi connectivity index (χ4n) is 4.41. The van der Waals surface area contributed by atoms with E-state index >= 15 is 0 Å². The van der Waals surface area contributed by atoms with Crippen LogP contribution in [0.2, 0.25) is 10.0 Å². The van der Waals surface area contributed by atoms with E-state index in [1.165, 1.54) is 36.4 Å². The molecule has 0 fully saturated rings. The fourth-order valence-corrected chi connectivity index (χ4v) is 4.98. The summed E-state index contributed by atoms with van der Waals surface area (Å²) in [5, 5.41) is 15.4. The molecule has 1 aromatic heterocycles. The monoisotopic (exact) mass is 561 g/mol. The number of aromatic nitrogens is 1. The molecule has 0 aliphatic carbocycles. The Bertz CT molecular complexity index is 1300. The maximum atomic E-state index is 14.9. The summed E-state index contributed by atoms with van der Waals surface area (Å²) in [6.45, 7) is 0.868. The largest absolute Gasteiger partial charge is 0.480 e. The molecule has 3 aromatic rings. The molecule has 0 radical (unpaired) electrons. The molecular weight excluding hydrogens is 535 g/mol. The second kappa shape index (κ2) is 12.1. The summed E-state index contributed by atoms with van der Waals surface area (Å²) >= 11 is 12.1. The number of nitrogens with one attached hydrogen (secondary N) is 2. The van der Waals surface area contributed by atoms with Crippen molar-refractivity contribution >= 4 is 40.9 Å². The first-order chi connectivity index (χ1) is 18.1. The van der Waals surface area contributed by atoms with Gasteiger partial charge in [-0.3, -0.25) is 4.79 Å². The molecule has 3 N–H and O–H groups in total. The van der Waals surface area contributed by atoms with Gasteiger partial charge in [-0.15, -0.1) is 0 Å². The summed E-state index contributed by atoms with van der Waals surface area (Å²) < 4.78 is 29.8. The van der Waals surface area contributed by atoms with Gasteiger partial charge in [0, 0.05) is 30.6 Å². The third-order valence-corrected chi connectivity index (χ3v) is 7.11. The third kappa shape index (κ3) is 6.79. The van der Waals surface area contributed by atoms with Crippen molar-refractivity contribution in [2.45, 2.75) is 50.5 Å². The van der Waals surface area contributed by atoms with Crippen LogP contribution >= 0.6 is 23.2 Å². The molecule has 0 unspecified atom stereocenters. The zero-order valence-corrected chi connectivity index (χ0v) is 22.0. The Kier molecular flexibility index (Phi) is 8.84. The molecule has 38 heavy (non-hydrogen) atoms. The maximum absolute atomic E-state index is 14.9. The highest BCUT2D eigenvalue weighted by molar-refractivity contribution is 6.39. The number of aliphatic carboxylic acids is 1. The number of carbonyl (C=O) groups excluding carboxylic acids is 1. The van der Waals surface area contributed by atoms with E-state index in [0.29, 0.717) is 12.0 Å². The lowest BCUT2D eigenvalue weighted by Crippen LogP contribution is -2.42. The quantitative estimate of drug-likeness (QED) is 0.270. The lowest BCUT2D eigenvalue weighted by Gasteiger charge is -2.19. The van der Waals surface area contributed by atoms with E-state index < -0.39 is 23.8 Å². The number of fused-ring (bicyclic) bond motifs is 1. The van der Waals surface area contributed by atoms with Crippen LogP contribution in [0.15, 0.2) is 54.6 Å². The average molecular weight is 562 g/mol. The Morgan fingerprint density at radius 2 is 1.79 bits per heavy atom. The van der Waals surface area contributed by atoms with Crippen molar-refractivity contribution in [1.82, 2.24) is 10.3 Å².